The van der Waals surface area contributed by atoms with E-state index in [9.17, 15) is 13.4 Å². The molecule has 8 nitrogen and oxygen atoms in total. The number of urea groups is 1. The fraction of sp³-hybridized carbons (Fsp3) is 0.524. The van der Waals surface area contributed by atoms with Crippen molar-refractivity contribution in [3.8, 4) is 5.88 Å². The van der Waals surface area contributed by atoms with E-state index in [2.05, 4.69) is 14.8 Å². The molecule has 2 aromatic rings. The first-order chi connectivity index (χ1) is 14.9. The van der Waals surface area contributed by atoms with Crippen LogP contribution in [0.4, 0.5) is 14.9 Å². The molecule has 0 spiro atoms. The number of hydrogen-bond donors (Lipinski definition) is 1. The molecule has 3 aliphatic rings. The van der Waals surface area contributed by atoms with Crippen LogP contribution < -0.4 is 10.1 Å². The number of likely N-dealkylation sites (N-methyl/N-ethyl adjacent to an activating group) is 1. The minimum Gasteiger partial charge on any atom is -0.477 e. The van der Waals surface area contributed by atoms with Crippen molar-refractivity contribution in [3.63, 3.8) is 0 Å². The SMILES string of the molecule is CN(C)[C@@H]1COc2c([S-](=O)=NC(=O)Nc3c4c(c(F)c5c3CCC5)CCC4)cnn2C1. The second-order valence-corrected chi connectivity index (χ2v) is 9.63. The van der Waals surface area contributed by atoms with Gasteiger partial charge in [0.1, 0.15) is 12.4 Å². The molecule has 0 radical (unpaired) electrons. The Bertz CT molecular complexity index is 1120. The van der Waals surface area contributed by atoms with Gasteiger partial charge in [-0.2, -0.15) is 5.10 Å². The smallest absolute Gasteiger partial charge is 0.322 e. The van der Waals surface area contributed by atoms with Gasteiger partial charge in [0.25, 0.3) is 0 Å². The summed E-state index contributed by atoms with van der Waals surface area (Å²) in [5.74, 6) is 0.287. The van der Waals surface area contributed by atoms with Gasteiger partial charge in [-0.1, -0.05) is 0 Å². The Morgan fingerprint density at radius 1 is 1.23 bits per heavy atom. The van der Waals surface area contributed by atoms with E-state index in [1.807, 2.05) is 19.0 Å². The summed E-state index contributed by atoms with van der Waals surface area (Å²) in [4.78, 5) is 15.0. The number of anilines is 1. The minimum absolute atomic E-state index is 0.0989. The number of rotatable bonds is 3. The first-order valence-electron chi connectivity index (χ1n) is 10.6. The molecular formula is C21H25FN5O3S-. The number of nitrogens with zero attached hydrogens (tertiary/aromatic N) is 4. The third-order valence-corrected chi connectivity index (χ3v) is 7.43. The van der Waals surface area contributed by atoms with Crippen molar-refractivity contribution in [2.24, 2.45) is 4.36 Å². The van der Waals surface area contributed by atoms with Crippen molar-refractivity contribution in [1.29, 1.82) is 0 Å². The Hall–Kier alpha value is -2.46. The lowest BCUT2D eigenvalue weighted by molar-refractivity contribution is 0.117. The van der Waals surface area contributed by atoms with Crippen LogP contribution in [0, 0.1) is 5.82 Å². The summed E-state index contributed by atoms with van der Waals surface area (Å²) in [7, 11) is 1.97. The maximum Gasteiger partial charge on any atom is 0.322 e. The van der Waals surface area contributed by atoms with Crippen molar-refractivity contribution in [2.45, 2.75) is 56.0 Å². The van der Waals surface area contributed by atoms with Crippen LogP contribution in [-0.4, -0.2) is 47.5 Å². The van der Waals surface area contributed by atoms with E-state index in [1.165, 1.54) is 6.20 Å². The molecular weight excluding hydrogens is 421 g/mol. The van der Waals surface area contributed by atoms with Gasteiger partial charge in [0.15, 0.2) is 5.88 Å². The number of halogens is 1. The molecule has 0 saturated carbocycles. The number of hydrogen-bond acceptors (Lipinski definition) is 6. The fourth-order valence-corrected chi connectivity index (χ4v) is 5.53. The number of nitrogens with one attached hydrogen (secondary N) is 1. The lowest BCUT2D eigenvalue weighted by Gasteiger charge is -2.29. The number of carbonyl (C=O) groups is 1. The average Bonchev–Trinajstić information content (AvgIpc) is 3.49. The third kappa shape index (κ3) is 3.51. The van der Waals surface area contributed by atoms with Crippen LogP contribution in [0.2, 0.25) is 0 Å². The Balaban J connectivity index is 1.41. The van der Waals surface area contributed by atoms with Gasteiger partial charge in [-0.15, -0.1) is 10.6 Å². The van der Waals surface area contributed by atoms with E-state index < -0.39 is 16.6 Å². The molecule has 2 heterocycles. The highest BCUT2D eigenvalue weighted by atomic mass is 32.2. The van der Waals surface area contributed by atoms with Crippen LogP contribution in [-0.2, 0) is 47.0 Å². The molecule has 1 atom stereocenters. The van der Waals surface area contributed by atoms with Crippen LogP contribution in [0.15, 0.2) is 15.5 Å². The lowest BCUT2D eigenvalue weighted by Crippen LogP contribution is -2.41. The molecule has 0 bridgehead atoms. The number of benzene rings is 1. The van der Waals surface area contributed by atoms with Gasteiger partial charge in [0.2, 0.25) is 0 Å². The molecule has 1 N–H and O–H groups in total. The zero-order valence-electron chi connectivity index (χ0n) is 17.6. The minimum atomic E-state index is -1.95. The summed E-state index contributed by atoms with van der Waals surface area (Å²) in [6, 6.07) is -0.536. The normalized spacial score (nSPS) is 20.3. The quantitative estimate of drug-likeness (QED) is 0.732. The van der Waals surface area contributed by atoms with Crippen LogP contribution in [0.25, 0.3) is 0 Å². The van der Waals surface area contributed by atoms with E-state index in [1.54, 1.807) is 4.68 Å². The molecule has 0 fully saturated rings. The van der Waals surface area contributed by atoms with Crippen molar-refractivity contribution >= 4 is 22.3 Å². The Labute approximate surface area is 182 Å². The van der Waals surface area contributed by atoms with Crippen molar-refractivity contribution in [2.75, 3.05) is 26.0 Å². The lowest BCUT2D eigenvalue weighted by atomic mass is 9.98. The topological polar surface area (TPSA) is 88.8 Å². The second-order valence-electron chi connectivity index (χ2n) is 8.51. The summed E-state index contributed by atoms with van der Waals surface area (Å²) in [6.45, 7) is 1.06. The number of carbonyl (C=O) groups excluding carboxylic acids is 1. The van der Waals surface area contributed by atoms with Gasteiger partial charge in [-0.05, 0) is 79.8 Å². The zero-order chi connectivity index (χ0) is 21.7. The van der Waals surface area contributed by atoms with Crippen LogP contribution in [0.3, 0.4) is 0 Å². The van der Waals surface area contributed by atoms with Crippen LogP contribution in [0.5, 0.6) is 5.88 Å². The number of ether oxygens (including phenoxy) is 1. The predicted molar refractivity (Wildman–Crippen MR) is 113 cm³/mol. The van der Waals surface area contributed by atoms with Gasteiger partial charge in [-0.3, -0.25) is 0 Å². The van der Waals surface area contributed by atoms with Crippen LogP contribution >= 0.6 is 0 Å². The monoisotopic (exact) mass is 446 g/mol. The van der Waals surface area contributed by atoms with Gasteiger partial charge < -0.3 is 23.5 Å². The number of fused-ring (bicyclic) bond motifs is 3. The van der Waals surface area contributed by atoms with Crippen molar-refractivity contribution < 1.29 is 18.1 Å². The van der Waals surface area contributed by atoms with E-state index in [0.29, 0.717) is 48.7 Å². The molecule has 166 valence electrons. The maximum atomic E-state index is 14.8. The molecule has 1 aliphatic heterocycles. The molecule has 2 amide bonds. The molecule has 10 heteroatoms. The zero-order valence-corrected chi connectivity index (χ0v) is 18.4. The fourth-order valence-electron chi connectivity index (χ4n) is 4.79. The molecule has 1 aromatic carbocycles. The number of amides is 2. The highest BCUT2D eigenvalue weighted by Crippen LogP contribution is 2.41. The van der Waals surface area contributed by atoms with Gasteiger partial charge in [0, 0.05) is 11.9 Å². The molecule has 0 unspecified atom stereocenters. The molecule has 31 heavy (non-hydrogen) atoms. The van der Waals surface area contributed by atoms with E-state index in [4.69, 9.17) is 4.74 Å². The second kappa shape index (κ2) is 7.90. The largest absolute Gasteiger partial charge is 0.477 e. The van der Waals surface area contributed by atoms with Gasteiger partial charge in [0.05, 0.1) is 12.6 Å². The maximum absolute atomic E-state index is 14.8. The highest BCUT2D eigenvalue weighted by Gasteiger charge is 2.29. The third-order valence-electron chi connectivity index (χ3n) is 6.44. The predicted octanol–water partition coefficient (Wildman–Crippen LogP) is 3.06. The first kappa shape index (κ1) is 20.4. The Kier molecular flexibility index (Phi) is 5.21. The van der Waals surface area contributed by atoms with Crippen molar-refractivity contribution in [3.05, 3.63) is 34.3 Å². The summed E-state index contributed by atoms with van der Waals surface area (Å²) in [5, 5.41) is 7.07. The standard InChI is InChI=1S/C21H25FN5O3S/c1-26(2)12-10-27-20(30-11-12)17(9-23-27)31(29)25-21(28)24-19-15-7-3-5-13(15)18(22)14-6-4-8-16(14)19/h9,12H,3-8,10-11H2,1-2H3,(H,24,28)/q-1/t12-/m0/s1. The molecule has 0 saturated heterocycles. The summed E-state index contributed by atoms with van der Waals surface area (Å²) in [5.41, 5.74) is 3.84. The van der Waals surface area contributed by atoms with E-state index >= 15 is 0 Å². The van der Waals surface area contributed by atoms with E-state index in [-0.39, 0.29) is 16.8 Å². The number of aromatic nitrogens is 2. The summed E-state index contributed by atoms with van der Waals surface area (Å²) >= 11 is 0. The van der Waals surface area contributed by atoms with Gasteiger partial charge in [-0.25, -0.2) is 13.9 Å². The molecule has 5 rings (SSSR count). The van der Waals surface area contributed by atoms with Gasteiger partial charge >= 0.3 is 6.03 Å². The average molecular weight is 447 g/mol. The Morgan fingerprint density at radius 3 is 2.52 bits per heavy atom. The first-order valence-corrected chi connectivity index (χ1v) is 11.7. The highest BCUT2D eigenvalue weighted by molar-refractivity contribution is 7.75. The summed E-state index contributed by atoms with van der Waals surface area (Å²) in [6.07, 6.45) is 6.02. The summed E-state index contributed by atoms with van der Waals surface area (Å²) < 4.78 is 38.8. The van der Waals surface area contributed by atoms with E-state index in [0.717, 1.165) is 36.8 Å². The Morgan fingerprint density at radius 2 is 1.87 bits per heavy atom. The molecule has 1 aromatic heterocycles. The van der Waals surface area contributed by atoms with Crippen LogP contribution in [0.1, 0.15) is 35.1 Å². The van der Waals surface area contributed by atoms with Crippen molar-refractivity contribution in [1.82, 2.24) is 14.7 Å². The molecule has 2 aliphatic carbocycles.